The molecule has 6 N–H and O–H groups in total. The van der Waals surface area contributed by atoms with Gasteiger partial charge in [0.2, 0.25) is 5.91 Å². The molecule has 7 heteroatoms. The molecule has 0 fully saturated rings. The Balaban J connectivity index is 2.44. The van der Waals surface area contributed by atoms with Gasteiger partial charge in [-0.2, -0.15) is 0 Å². The van der Waals surface area contributed by atoms with Gasteiger partial charge in [-0.3, -0.25) is 4.79 Å². The average Bonchev–Trinajstić information content (AvgIpc) is 2.40. The summed E-state index contributed by atoms with van der Waals surface area (Å²) in [5, 5.41) is 14.5. The minimum Gasteiger partial charge on any atom is -0.409 e. The van der Waals surface area contributed by atoms with Crippen LogP contribution in [0.1, 0.15) is 30.4 Å². The summed E-state index contributed by atoms with van der Waals surface area (Å²) in [6.45, 7) is 1.16. The van der Waals surface area contributed by atoms with Crippen molar-refractivity contribution in [3.63, 3.8) is 0 Å². The SMILES string of the molecule is NC(=O)CCCCNCc1cc(F)cc(/C(N)=N/O)c1. The van der Waals surface area contributed by atoms with Crippen molar-refractivity contribution in [1.29, 1.82) is 0 Å². The first-order valence-electron chi connectivity index (χ1n) is 6.29. The summed E-state index contributed by atoms with van der Waals surface area (Å²) in [6, 6.07) is 4.23. The lowest BCUT2D eigenvalue weighted by Gasteiger charge is -2.07. The lowest BCUT2D eigenvalue weighted by atomic mass is 10.1. The van der Waals surface area contributed by atoms with Crippen molar-refractivity contribution in [2.24, 2.45) is 16.6 Å². The number of rotatable bonds is 8. The summed E-state index contributed by atoms with van der Waals surface area (Å²) in [6.07, 6.45) is 1.90. The van der Waals surface area contributed by atoms with Gasteiger partial charge in [0.15, 0.2) is 5.84 Å². The molecule has 0 heterocycles. The number of benzene rings is 1. The zero-order valence-corrected chi connectivity index (χ0v) is 11.1. The van der Waals surface area contributed by atoms with Crippen LogP contribution in [0.25, 0.3) is 0 Å². The molecule has 0 unspecified atom stereocenters. The fraction of sp³-hybridized carbons (Fsp3) is 0.385. The highest BCUT2D eigenvalue weighted by molar-refractivity contribution is 5.97. The fourth-order valence-electron chi connectivity index (χ4n) is 1.74. The van der Waals surface area contributed by atoms with E-state index in [1.807, 2.05) is 0 Å². The van der Waals surface area contributed by atoms with Gasteiger partial charge in [0.05, 0.1) is 0 Å². The van der Waals surface area contributed by atoms with Crippen molar-refractivity contribution in [3.8, 4) is 0 Å². The molecular weight excluding hydrogens is 263 g/mol. The van der Waals surface area contributed by atoms with E-state index in [0.29, 0.717) is 30.6 Å². The van der Waals surface area contributed by atoms with Crippen molar-refractivity contribution >= 4 is 11.7 Å². The van der Waals surface area contributed by atoms with Crippen molar-refractivity contribution in [2.75, 3.05) is 6.54 Å². The van der Waals surface area contributed by atoms with Gasteiger partial charge in [0.1, 0.15) is 5.82 Å². The Bertz CT molecular complexity index is 491. The number of unbranched alkanes of at least 4 members (excludes halogenated alkanes) is 1. The Labute approximate surface area is 116 Å². The van der Waals surface area contributed by atoms with E-state index in [2.05, 4.69) is 10.5 Å². The number of nitrogens with one attached hydrogen (secondary N) is 1. The highest BCUT2D eigenvalue weighted by Gasteiger charge is 2.04. The van der Waals surface area contributed by atoms with Crippen molar-refractivity contribution < 1.29 is 14.4 Å². The van der Waals surface area contributed by atoms with Gasteiger partial charge in [-0.05, 0) is 43.1 Å². The maximum Gasteiger partial charge on any atom is 0.217 e. The summed E-state index contributed by atoms with van der Waals surface area (Å²) in [4.78, 5) is 10.5. The second-order valence-electron chi connectivity index (χ2n) is 4.43. The van der Waals surface area contributed by atoms with Crippen LogP contribution in [-0.4, -0.2) is 23.5 Å². The summed E-state index contributed by atoms with van der Waals surface area (Å²) in [5.41, 5.74) is 11.5. The normalized spacial score (nSPS) is 11.6. The number of nitrogens with zero attached hydrogens (tertiary/aromatic N) is 1. The summed E-state index contributed by atoms with van der Waals surface area (Å²) >= 11 is 0. The van der Waals surface area contributed by atoms with Crippen LogP contribution in [-0.2, 0) is 11.3 Å². The summed E-state index contributed by atoms with van der Waals surface area (Å²) in [5.74, 6) is -0.884. The summed E-state index contributed by atoms with van der Waals surface area (Å²) < 4.78 is 13.4. The highest BCUT2D eigenvalue weighted by Crippen LogP contribution is 2.09. The Kier molecular flexibility index (Phi) is 6.45. The third-order valence-electron chi connectivity index (χ3n) is 2.72. The molecule has 0 aliphatic rings. The number of hydrogen-bond donors (Lipinski definition) is 4. The molecule has 0 bridgehead atoms. The van der Waals surface area contributed by atoms with E-state index in [1.165, 1.54) is 12.1 Å². The molecule has 1 rings (SSSR count). The van der Waals surface area contributed by atoms with E-state index < -0.39 is 5.82 Å². The number of amides is 1. The molecule has 0 saturated carbocycles. The Morgan fingerprint density at radius 3 is 2.70 bits per heavy atom. The first-order valence-corrected chi connectivity index (χ1v) is 6.29. The Morgan fingerprint density at radius 2 is 2.05 bits per heavy atom. The number of oxime groups is 1. The van der Waals surface area contributed by atoms with E-state index in [4.69, 9.17) is 16.7 Å². The number of amidine groups is 1. The molecule has 1 aromatic carbocycles. The quantitative estimate of drug-likeness (QED) is 0.184. The number of nitrogens with two attached hydrogens (primary N) is 2. The zero-order chi connectivity index (χ0) is 15.0. The number of halogens is 1. The second-order valence-corrected chi connectivity index (χ2v) is 4.43. The molecular formula is C13H19FN4O2. The van der Waals surface area contributed by atoms with Crippen LogP contribution in [0.5, 0.6) is 0 Å². The highest BCUT2D eigenvalue weighted by atomic mass is 19.1. The van der Waals surface area contributed by atoms with E-state index in [1.54, 1.807) is 6.07 Å². The molecule has 1 aromatic rings. The molecule has 0 spiro atoms. The molecule has 0 atom stereocenters. The molecule has 1 amide bonds. The number of primary amides is 1. The third kappa shape index (κ3) is 5.66. The Morgan fingerprint density at radius 1 is 1.30 bits per heavy atom. The molecule has 0 aliphatic carbocycles. The van der Waals surface area contributed by atoms with Crippen LogP contribution in [0.3, 0.4) is 0 Å². The molecule has 0 aromatic heterocycles. The lowest BCUT2D eigenvalue weighted by molar-refractivity contribution is -0.118. The second kappa shape index (κ2) is 8.11. The van der Waals surface area contributed by atoms with Crippen molar-refractivity contribution in [2.45, 2.75) is 25.8 Å². The van der Waals surface area contributed by atoms with Gasteiger partial charge in [0, 0.05) is 18.5 Å². The van der Waals surface area contributed by atoms with Gasteiger partial charge >= 0.3 is 0 Å². The molecule has 6 nitrogen and oxygen atoms in total. The van der Waals surface area contributed by atoms with Crippen LogP contribution in [0.4, 0.5) is 4.39 Å². The zero-order valence-electron chi connectivity index (χ0n) is 11.1. The lowest BCUT2D eigenvalue weighted by Crippen LogP contribution is -2.18. The largest absolute Gasteiger partial charge is 0.409 e. The molecule has 0 radical (unpaired) electrons. The van der Waals surface area contributed by atoms with E-state index >= 15 is 0 Å². The first-order chi connectivity index (χ1) is 9.52. The average molecular weight is 282 g/mol. The van der Waals surface area contributed by atoms with E-state index in [0.717, 1.165) is 12.8 Å². The predicted molar refractivity (Wildman–Crippen MR) is 73.7 cm³/mol. The minimum absolute atomic E-state index is 0.132. The molecule has 0 aliphatic heterocycles. The number of carbonyl (C=O) groups excluding carboxylic acids is 1. The van der Waals surface area contributed by atoms with E-state index in [9.17, 15) is 9.18 Å². The van der Waals surface area contributed by atoms with Crippen molar-refractivity contribution in [1.82, 2.24) is 5.32 Å². The smallest absolute Gasteiger partial charge is 0.217 e. The molecule has 0 saturated heterocycles. The molecule has 20 heavy (non-hydrogen) atoms. The van der Waals surface area contributed by atoms with Gasteiger partial charge in [-0.1, -0.05) is 5.16 Å². The van der Waals surface area contributed by atoms with Crippen LogP contribution in [0.2, 0.25) is 0 Å². The number of carbonyl (C=O) groups is 1. The first kappa shape index (κ1) is 15.9. The maximum atomic E-state index is 13.4. The predicted octanol–water partition coefficient (Wildman–Crippen LogP) is 0.665. The van der Waals surface area contributed by atoms with Gasteiger partial charge in [-0.25, -0.2) is 4.39 Å². The Hall–Kier alpha value is -2.15. The molecule has 110 valence electrons. The van der Waals surface area contributed by atoms with Crippen LogP contribution < -0.4 is 16.8 Å². The van der Waals surface area contributed by atoms with Crippen LogP contribution in [0.15, 0.2) is 23.4 Å². The maximum absolute atomic E-state index is 13.4. The summed E-state index contributed by atoms with van der Waals surface area (Å²) in [7, 11) is 0. The van der Waals surface area contributed by atoms with Gasteiger partial charge in [-0.15, -0.1) is 0 Å². The van der Waals surface area contributed by atoms with E-state index in [-0.39, 0.29) is 11.7 Å². The topological polar surface area (TPSA) is 114 Å². The van der Waals surface area contributed by atoms with Gasteiger partial charge < -0.3 is 22.0 Å². The van der Waals surface area contributed by atoms with Crippen LogP contribution in [0, 0.1) is 5.82 Å². The third-order valence-corrected chi connectivity index (χ3v) is 2.72. The standard InChI is InChI=1S/C13H19FN4O2/c14-11-6-9(5-10(7-11)13(16)18-20)8-17-4-2-1-3-12(15)19/h5-7,17,20H,1-4,8H2,(H2,15,19)(H2,16,18). The number of hydrogen-bond acceptors (Lipinski definition) is 4. The monoisotopic (exact) mass is 282 g/mol. The van der Waals surface area contributed by atoms with Crippen molar-refractivity contribution in [3.05, 3.63) is 35.1 Å². The van der Waals surface area contributed by atoms with Crippen LogP contribution >= 0.6 is 0 Å². The minimum atomic E-state index is -0.445. The fourth-order valence-corrected chi connectivity index (χ4v) is 1.74. The van der Waals surface area contributed by atoms with Gasteiger partial charge in [0.25, 0.3) is 0 Å².